The third-order valence-corrected chi connectivity index (χ3v) is 4.00. The van der Waals surface area contributed by atoms with Crippen LogP contribution in [0.5, 0.6) is 0 Å². The van der Waals surface area contributed by atoms with Crippen molar-refractivity contribution in [2.45, 2.75) is 59.2 Å². The zero-order chi connectivity index (χ0) is 14.4. The predicted molar refractivity (Wildman–Crippen MR) is 83.8 cm³/mol. The van der Waals surface area contributed by atoms with Crippen molar-refractivity contribution in [2.24, 2.45) is 11.8 Å². The van der Waals surface area contributed by atoms with Crippen LogP contribution in [0.25, 0.3) is 0 Å². The molecule has 0 aromatic carbocycles. The molecule has 1 N–H and O–H groups in total. The fourth-order valence-corrected chi connectivity index (χ4v) is 3.14. The van der Waals surface area contributed by atoms with Gasteiger partial charge >= 0.3 is 0 Å². The summed E-state index contributed by atoms with van der Waals surface area (Å²) >= 11 is 0. The third kappa shape index (κ3) is 4.78. The van der Waals surface area contributed by atoms with Crippen LogP contribution in [0.2, 0.25) is 0 Å². The quantitative estimate of drug-likeness (QED) is 0.843. The second kappa shape index (κ2) is 7.63. The average Bonchev–Trinajstić information content (AvgIpc) is 2.42. The molecular weight excluding hydrogens is 248 g/mol. The molecule has 112 valence electrons. The van der Waals surface area contributed by atoms with Crippen LogP contribution < -0.4 is 5.32 Å². The Labute approximate surface area is 123 Å². The minimum absolute atomic E-state index is 0.425. The van der Waals surface area contributed by atoms with E-state index in [0.717, 1.165) is 30.6 Å². The molecule has 0 aliphatic heterocycles. The van der Waals surface area contributed by atoms with Gasteiger partial charge in [0.15, 0.2) is 0 Å². The molecule has 1 aromatic rings. The molecule has 20 heavy (non-hydrogen) atoms. The van der Waals surface area contributed by atoms with Gasteiger partial charge in [-0.05, 0) is 55.2 Å². The van der Waals surface area contributed by atoms with Gasteiger partial charge in [-0.2, -0.15) is 0 Å². The lowest BCUT2D eigenvalue weighted by Crippen LogP contribution is -2.26. The number of pyridine rings is 1. The maximum Gasteiger partial charge on any atom is 0.126 e. The minimum Gasteiger partial charge on any atom is -0.374 e. The second-order valence-electron chi connectivity index (χ2n) is 6.33. The highest BCUT2D eigenvalue weighted by Crippen LogP contribution is 2.30. The highest BCUT2D eigenvalue weighted by atomic mass is 16.5. The Kier molecular flexibility index (Phi) is 5.84. The van der Waals surface area contributed by atoms with E-state index in [0.29, 0.717) is 12.7 Å². The van der Waals surface area contributed by atoms with E-state index in [1.54, 1.807) is 0 Å². The van der Waals surface area contributed by atoms with Crippen molar-refractivity contribution in [1.82, 2.24) is 4.98 Å². The lowest BCUT2D eigenvalue weighted by molar-refractivity contribution is -0.00916. The zero-order valence-electron chi connectivity index (χ0n) is 13.1. The summed E-state index contributed by atoms with van der Waals surface area (Å²) in [4.78, 5) is 4.33. The summed E-state index contributed by atoms with van der Waals surface area (Å²) in [6.07, 6.45) is 7.16. The molecule has 2 unspecified atom stereocenters. The Morgan fingerprint density at radius 2 is 2.00 bits per heavy atom. The van der Waals surface area contributed by atoms with Crippen LogP contribution in [-0.2, 0) is 11.3 Å². The number of ether oxygens (including phenoxy) is 1. The number of nitrogens with zero attached hydrogens (tertiary/aromatic N) is 1. The summed E-state index contributed by atoms with van der Waals surface area (Å²) in [7, 11) is 0. The van der Waals surface area contributed by atoms with E-state index in [1.165, 1.54) is 24.8 Å². The van der Waals surface area contributed by atoms with E-state index < -0.39 is 0 Å². The summed E-state index contributed by atoms with van der Waals surface area (Å²) < 4.78 is 6.11. The van der Waals surface area contributed by atoms with Crippen LogP contribution in [0.1, 0.15) is 52.0 Å². The van der Waals surface area contributed by atoms with Crippen molar-refractivity contribution >= 4 is 5.82 Å². The lowest BCUT2D eigenvalue weighted by atomic mass is 9.82. The monoisotopic (exact) mass is 276 g/mol. The molecule has 3 nitrogen and oxygen atoms in total. The van der Waals surface area contributed by atoms with Gasteiger partial charge < -0.3 is 10.1 Å². The molecule has 0 spiro atoms. The fourth-order valence-electron chi connectivity index (χ4n) is 3.14. The number of anilines is 1. The molecule has 0 saturated heterocycles. The topological polar surface area (TPSA) is 34.1 Å². The fraction of sp³-hybridized carbons (Fsp3) is 0.706. The van der Waals surface area contributed by atoms with Gasteiger partial charge in [0.25, 0.3) is 0 Å². The number of aromatic nitrogens is 1. The van der Waals surface area contributed by atoms with E-state index >= 15 is 0 Å². The molecule has 2 atom stereocenters. The molecule has 0 bridgehead atoms. The Bertz CT molecular complexity index is 398. The zero-order valence-corrected chi connectivity index (χ0v) is 13.1. The highest BCUT2D eigenvalue weighted by molar-refractivity contribution is 5.37. The first-order chi connectivity index (χ1) is 9.67. The van der Waals surface area contributed by atoms with E-state index in [2.05, 4.69) is 37.1 Å². The van der Waals surface area contributed by atoms with Crippen molar-refractivity contribution in [3.63, 3.8) is 0 Å². The van der Waals surface area contributed by atoms with Crippen molar-refractivity contribution in [3.05, 3.63) is 23.9 Å². The van der Waals surface area contributed by atoms with Crippen molar-refractivity contribution in [2.75, 3.05) is 11.9 Å². The minimum atomic E-state index is 0.425. The summed E-state index contributed by atoms with van der Waals surface area (Å²) in [5, 5.41) is 3.32. The summed E-state index contributed by atoms with van der Waals surface area (Å²) in [6.45, 7) is 8.50. The van der Waals surface area contributed by atoms with Gasteiger partial charge in [0.1, 0.15) is 5.82 Å². The SMILES string of the molecule is CCCNc1cc(COC2CC(C)CC(C)C2)ccn1. The smallest absolute Gasteiger partial charge is 0.126 e. The first-order valence-electron chi connectivity index (χ1n) is 7.97. The Morgan fingerprint density at radius 3 is 2.70 bits per heavy atom. The van der Waals surface area contributed by atoms with Crippen LogP contribution in [0.4, 0.5) is 5.82 Å². The molecule has 0 amide bonds. The maximum absolute atomic E-state index is 6.11. The van der Waals surface area contributed by atoms with Crippen molar-refractivity contribution in [1.29, 1.82) is 0 Å². The highest BCUT2D eigenvalue weighted by Gasteiger charge is 2.24. The lowest BCUT2D eigenvalue weighted by Gasteiger charge is -2.31. The Balaban J connectivity index is 1.84. The first-order valence-corrected chi connectivity index (χ1v) is 7.97. The summed E-state index contributed by atoms with van der Waals surface area (Å²) in [5.74, 6) is 2.55. The molecule has 1 aliphatic rings. The van der Waals surface area contributed by atoms with Crippen LogP contribution in [-0.4, -0.2) is 17.6 Å². The van der Waals surface area contributed by atoms with Gasteiger partial charge in [-0.1, -0.05) is 20.8 Å². The molecule has 1 fully saturated rings. The Morgan fingerprint density at radius 1 is 1.25 bits per heavy atom. The largest absolute Gasteiger partial charge is 0.374 e. The average molecular weight is 276 g/mol. The molecule has 1 heterocycles. The van der Waals surface area contributed by atoms with E-state index in [4.69, 9.17) is 4.74 Å². The van der Waals surface area contributed by atoms with E-state index in [-0.39, 0.29) is 0 Å². The first kappa shape index (κ1) is 15.3. The summed E-state index contributed by atoms with van der Waals surface area (Å²) in [5.41, 5.74) is 1.21. The second-order valence-corrected chi connectivity index (χ2v) is 6.33. The van der Waals surface area contributed by atoms with E-state index in [1.807, 2.05) is 12.3 Å². The van der Waals surface area contributed by atoms with E-state index in [9.17, 15) is 0 Å². The molecule has 2 rings (SSSR count). The van der Waals surface area contributed by atoms with Gasteiger partial charge in [-0.15, -0.1) is 0 Å². The molecular formula is C17H28N2O. The van der Waals surface area contributed by atoms with Crippen molar-refractivity contribution in [3.8, 4) is 0 Å². The standard InChI is InChI=1S/C17H28N2O/c1-4-6-18-17-11-15(5-7-19-17)12-20-16-9-13(2)8-14(3)10-16/h5,7,11,13-14,16H,4,6,8-10,12H2,1-3H3,(H,18,19). The van der Waals surface area contributed by atoms with Crippen LogP contribution in [0.3, 0.4) is 0 Å². The van der Waals surface area contributed by atoms with Crippen LogP contribution in [0.15, 0.2) is 18.3 Å². The predicted octanol–water partition coefficient (Wildman–Crippen LogP) is 4.24. The maximum atomic E-state index is 6.11. The Hall–Kier alpha value is -1.09. The number of rotatable bonds is 6. The van der Waals surface area contributed by atoms with Crippen molar-refractivity contribution < 1.29 is 4.74 Å². The molecule has 1 aromatic heterocycles. The number of hydrogen-bond acceptors (Lipinski definition) is 3. The number of nitrogens with one attached hydrogen (secondary N) is 1. The molecule has 0 radical (unpaired) electrons. The van der Waals surface area contributed by atoms with Crippen LogP contribution in [0, 0.1) is 11.8 Å². The van der Waals surface area contributed by atoms with Gasteiger partial charge in [-0.25, -0.2) is 4.98 Å². The van der Waals surface area contributed by atoms with Gasteiger partial charge in [0.05, 0.1) is 12.7 Å². The number of hydrogen-bond donors (Lipinski definition) is 1. The normalized spacial score (nSPS) is 26.4. The third-order valence-electron chi connectivity index (χ3n) is 4.00. The molecule has 1 saturated carbocycles. The molecule has 3 heteroatoms. The van der Waals surface area contributed by atoms with Crippen LogP contribution >= 0.6 is 0 Å². The summed E-state index contributed by atoms with van der Waals surface area (Å²) in [6, 6.07) is 4.15. The van der Waals surface area contributed by atoms with Gasteiger partial charge in [-0.3, -0.25) is 0 Å². The van der Waals surface area contributed by atoms with Gasteiger partial charge in [0, 0.05) is 12.7 Å². The van der Waals surface area contributed by atoms with Gasteiger partial charge in [0.2, 0.25) is 0 Å². The molecule has 1 aliphatic carbocycles.